The summed E-state index contributed by atoms with van der Waals surface area (Å²) >= 11 is 11.9. The van der Waals surface area contributed by atoms with Crippen LogP contribution in [-0.2, 0) is 16.6 Å². The predicted molar refractivity (Wildman–Crippen MR) is 81.9 cm³/mol. The molecule has 8 heteroatoms. The minimum absolute atomic E-state index is 0.258. The number of ether oxygens (including phenoxy) is 1. The Kier molecular flexibility index (Phi) is 5.05. The molecule has 2 rings (SSSR count). The molecular formula is C14H13Cl2N3O3. The molecule has 1 amide bonds. The Hall–Kier alpha value is -2.05. The summed E-state index contributed by atoms with van der Waals surface area (Å²) in [6.07, 6.45) is 1.48. The van der Waals surface area contributed by atoms with E-state index in [1.807, 2.05) is 0 Å². The van der Waals surface area contributed by atoms with Gasteiger partial charge in [0, 0.05) is 28.9 Å². The van der Waals surface area contributed by atoms with Gasteiger partial charge in [-0.1, -0.05) is 29.3 Å². The van der Waals surface area contributed by atoms with Crippen LogP contribution in [0.1, 0.15) is 22.1 Å². The van der Waals surface area contributed by atoms with Crippen LogP contribution in [0.15, 0.2) is 30.5 Å². The fourth-order valence-electron chi connectivity index (χ4n) is 1.92. The number of aryl methyl sites for hydroxylation is 1. The maximum atomic E-state index is 12.3. The standard InChI is InChI=1S/C14H13Cl2N3O3/c1-19-11(5-6-17-19)13(20)18-12(14(21)22-2)9-4-3-8(15)7-10(9)16/h3-7,12H,1-2H3,(H,18,20)/t12-/m1/s1. The van der Waals surface area contributed by atoms with Crippen LogP contribution in [0.25, 0.3) is 0 Å². The number of rotatable bonds is 4. The first-order valence-corrected chi connectivity index (χ1v) is 7.01. The van der Waals surface area contributed by atoms with E-state index >= 15 is 0 Å². The number of nitrogens with one attached hydrogen (secondary N) is 1. The second-order valence-corrected chi connectivity index (χ2v) is 5.28. The minimum atomic E-state index is -1.04. The molecule has 0 saturated heterocycles. The molecule has 22 heavy (non-hydrogen) atoms. The lowest BCUT2D eigenvalue weighted by molar-refractivity contribution is -0.143. The Morgan fingerprint density at radius 3 is 2.59 bits per heavy atom. The molecule has 0 unspecified atom stereocenters. The van der Waals surface area contributed by atoms with Crippen LogP contribution in [0, 0.1) is 0 Å². The van der Waals surface area contributed by atoms with Crippen molar-refractivity contribution in [1.29, 1.82) is 0 Å². The topological polar surface area (TPSA) is 73.2 Å². The Morgan fingerprint density at radius 2 is 2.05 bits per heavy atom. The molecular weight excluding hydrogens is 329 g/mol. The Balaban J connectivity index is 2.33. The van der Waals surface area contributed by atoms with Crippen LogP contribution in [-0.4, -0.2) is 28.8 Å². The van der Waals surface area contributed by atoms with Gasteiger partial charge in [0.25, 0.3) is 5.91 Å². The van der Waals surface area contributed by atoms with E-state index < -0.39 is 17.9 Å². The molecule has 0 aliphatic carbocycles. The van der Waals surface area contributed by atoms with Gasteiger partial charge < -0.3 is 10.1 Å². The van der Waals surface area contributed by atoms with Crippen molar-refractivity contribution in [3.63, 3.8) is 0 Å². The molecule has 0 radical (unpaired) electrons. The number of halogens is 2. The summed E-state index contributed by atoms with van der Waals surface area (Å²) in [7, 11) is 2.85. The molecule has 1 N–H and O–H groups in total. The molecule has 0 spiro atoms. The number of carbonyl (C=O) groups is 2. The van der Waals surface area contributed by atoms with Gasteiger partial charge >= 0.3 is 5.97 Å². The van der Waals surface area contributed by atoms with E-state index in [0.717, 1.165) is 0 Å². The fraction of sp³-hybridized carbons (Fsp3) is 0.214. The maximum Gasteiger partial charge on any atom is 0.333 e. The number of nitrogens with zero attached hydrogens (tertiary/aromatic N) is 2. The summed E-state index contributed by atoms with van der Waals surface area (Å²) in [6.45, 7) is 0. The third kappa shape index (κ3) is 3.40. The number of hydrogen-bond acceptors (Lipinski definition) is 4. The monoisotopic (exact) mass is 341 g/mol. The second-order valence-electron chi connectivity index (χ2n) is 4.44. The van der Waals surface area contributed by atoms with Crippen molar-refractivity contribution in [2.24, 2.45) is 7.05 Å². The molecule has 0 aliphatic heterocycles. The largest absolute Gasteiger partial charge is 0.467 e. The number of carbonyl (C=O) groups excluding carboxylic acids is 2. The van der Waals surface area contributed by atoms with Crippen molar-refractivity contribution in [2.45, 2.75) is 6.04 Å². The van der Waals surface area contributed by atoms with Gasteiger partial charge in [0.15, 0.2) is 6.04 Å². The number of methoxy groups -OCH3 is 1. The van der Waals surface area contributed by atoms with Crippen LogP contribution < -0.4 is 5.32 Å². The zero-order valence-corrected chi connectivity index (χ0v) is 13.4. The molecule has 6 nitrogen and oxygen atoms in total. The number of hydrogen-bond donors (Lipinski definition) is 1. The lowest BCUT2D eigenvalue weighted by atomic mass is 10.1. The molecule has 0 saturated carbocycles. The first kappa shape index (κ1) is 16.3. The summed E-state index contributed by atoms with van der Waals surface area (Å²) in [5.74, 6) is -1.11. The van der Waals surface area contributed by atoms with Gasteiger partial charge in [-0.05, 0) is 18.2 Å². The summed E-state index contributed by atoms with van der Waals surface area (Å²) in [6, 6.07) is 5.12. The van der Waals surface area contributed by atoms with Gasteiger partial charge in [0.1, 0.15) is 5.69 Å². The maximum absolute atomic E-state index is 12.3. The van der Waals surface area contributed by atoms with E-state index in [2.05, 4.69) is 10.4 Å². The SMILES string of the molecule is COC(=O)[C@H](NC(=O)c1ccnn1C)c1ccc(Cl)cc1Cl. The average Bonchev–Trinajstić information content (AvgIpc) is 2.90. The van der Waals surface area contributed by atoms with Crippen LogP contribution in [0.4, 0.5) is 0 Å². The number of benzene rings is 1. The Morgan fingerprint density at radius 1 is 1.32 bits per heavy atom. The third-order valence-corrected chi connectivity index (χ3v) is 3.60. The number of esters is 1. The van der Waals surface area contributed by atoms with Crippen molar-refractivity contribution in [3.8, 4) is 0 Å². The third-order valence-electron chi connectivity index (χ3n) is 3.04. The van der Waals surface area contributed by atoms with Gasteiger partial charge in [-0.25, -0.2) is 4.79 Å². The smallest absolute Gasteiger partial charge is 0.333 e. The quantitative estimate of drug-likeness (QED) is 0.866. The molecule has 1 aromatic heterocycles. The molecule has 0 aliphatic rings. The van der Waals surface area contributed by atoms with Gasteiger partial charge in [0.05, 0.1) is 7.11 Å². The van der Waals surface area contributed by atoms with E-state index in [1.54, 1.807) is 19.2 Å². The molecule has 1 aromatic carbocycles. The summed E-state index contributed by atoms with van der Waals surface area (Å²) in [5, 5.41) is 7.18. The van der Waals surface area contributed by atoms with Crippen molar-refractivity contribution in [3.05, 3.63) is 51.8 Å². The van der Waals surface area contributed by atoms with Crippen LogP contribution in [0.2, 0.25) is 10.0 Å². The van der Waals surface area contributed by atoms with Gasteiger partial charge in [0.2, 0.25) is 0 Å². The highest BCUT2D eigenvalue weighted by molar-refractivity contribution is 6.35. The normalized spacial score (nSPS) is 11.8. The van der Waals surface area contributed by atoms with E-state index in [4.69, 9.17) is 27.9 Å². The van der Waals surface area contributed by atoms with Crippen molar-refractivity contribution in [1.82, 2.24) is 15.1 Å². The van der Waals surface area contributed by atoms with Gasteiger partial charge in [-0.2, -0.15) is 5.10 Å². The molecule has 0 bridgehead atoms. The van der Waals surface area contributed by atoms with Gasteiger partial charge in [-0.15, -0.1) is 0 Å². The zero-order valence-electron chi connectivity index (χ0n) is 11.8. The Labute approximate surface area is 137 Å². The van der Waals surface area contributed by atoms with E-state index in [1.165, 1.54) is 30.1 Å². The zero-order chi connectivity index (χ0) is 16.3. The highest BCUT2D eigenvalue weighted by Gasteiger charge is 2.27. The second kappa shape index (κ2) is 6.81. The van der Waals surface area contributed by atoms with Gasteiger partial charge in [-0.3, -0.25) is 9.48 Å². The summed E-state index contributed by atoms with van der Waals surface area (Å²) < 4.78 is 6.13. The van der Waals surface area contributed by atoms with E-state index in [0.29, 0.717) is 16.3 Å². The van der Waals surface area contributed by atoms with Crippen molar-refractivity contribution < 1.29 is 14.3 Å². The van der Waals surface area contributed by atoms with Crippen molar-refractivity contribution in [2.75, 3.05) is 7.11 Å². The lowest BCUT2D eigenvalue weighted by Gasteiger charge is -2.18. The van der Waals surface area contributed by atoms with Crippen LogP contribution >= 0.6 is 23.2 Å². The van der Waals surface area contributed by atoms with E-state index in [-0.39, 0.29) is 5.02 Å². The average molecular weight is 342 g/mol. The van der Waals surface area contributed by atoms with Crippen LogP contribution in [0.3, 0.4) is 0 Å². The summed E-state index contributed by atoms with van der Waals surface area (Å²) in [5.41, 5.74) is 0.701. The predicted octanol–water partition coefficient (Wildman–Crippen LogP) is 2.37. The molecule has 1 heterocycles. The molecule has 116 valence electrons. The highest BCUT2D eigenvalue weighted by Crippen LogP contribution is 2.27. The van der Waals surface area contributed by atoms with Crippen molar-refractivity contribution >= 4 is 35.1 Å². The fourth-order valence-corrected chi connectivity index (χ4v) is 2.44. The molecule has 1 atom stereocenters. The summed E-state index contributed by atoms with van der Waals surface area (Å²) in [4.78, 5) is 24.2. The number of amides is 1. The minimum Gasteiger partial charge on any atom is -0.467 e. The Bertz CT molecular complexity index is 715. The highest BCUT2D eigenvalue weighted by atomic mass is 35.5. The van der Waals surface area contributed by atoms with E-state index in [9.17, 15) is 9.59 Å². The van der Waals surface area contributed by atoms with Crippen LogP contribution in [0.5, 0.6) is 0 Å². The lowest BCUT2D eigenvalue weighted by Crippen LogP contribution is -2.35. The molecule has 0 fully saturated rings. The first-order chi connectivity index (χ1) is 10.4. The first-order valence-electron chi connectivity index (χ1n) is 6.25. The molecule has 2 aromatic rings. The number of aromatic nitrogens is 2.